The van der Waals surface area contributed by atoms with Gasteiger partial charge >= 0.3 is 0 Å². The Balaban J connectivity index is 2.48. The topological polar surface area (TPSA) is 41.6 Å². The first-order valence-electron chi connectivity index (χ1n) is 6.50. The second-order valence-corrected chi connectivity index (χ2v) is 4.72. The van der Waals surface area contributed by atoms with Gasteiger partial charge in [0.05, 0.1) is 17.1 Å². The van der Waals surface area contributed by atoms with Gasteiger partial charge in [0.15, 0.2) is 0 Å². The van der Waals surface area contributed by atoms with Crippen LogP contribution in [-0.4, -0.2) is 9.55 Å². The van der Waals surface area contributed by atoms with Crippen LogP contribution in [0.4, 0.5) is 0 Å². The van der Waals surface area contributed by atoms with Crippen LogP contribution in [0.1, 0.15) is 36.7 Å². The fraction of sp³-hybridized carbons (Fsp3) is 0.467. The van der Waals surface area contributed by atoms with Crippen LogP contribution in [0.2, 0.25) is 0 Å². The van der Waals surface area contributed by atoms with Crippen molar-refractivity contribution in [1.82, 2.24) is 9.55 Å². The van der Waals surface area contributed by atoms with E-state index in [9.17, 15) is 0 Å². The number of hydrogen-bond acceptors (Lipinski definition) is 2. The number of aryl methyl sites for hydroxylation is 4. The summed E-state index contributed by atoms with van der Waals surface area (Å²) < 4.78 is 2.26. The molecule has 2 aromatic rings. The quantitative estimate of drug-likeness (QED) is 0.768. The van der Waals surface area contributed by atoms with E-state index in [4.69, 9.17) is 10.2 Å². The van der Waals surface area contributed by atoms with E-state index in [-0.39, 0.29) is 0 Å². The minimum absolute atomic E-state index is 0.605. The second-order valence-electron chi connectivity index (χ2n) is 4.72. The van der Waals surface area contributed by atoms with E-state index in [1.807, 2.05) is 0 Å². The first-order chi connectivity index (χ1) is 8.67. The van der Waals surface area contributed by atoms with Crippen molar-refractivity contribution < 1.29 is 0 Å². The lowest BCUT2D eigenvalue weighted by Crippen LogP contribution is -2.03. The molecule has 0 N–H and O–H groups in total. The summed E-state index contributed by atoms with van der Waals surface area (Å²) in [4.78, 5) is 4.69. The molecule has 0 fully saturated rings. The number of nitriles is 1. The second kappa shape index (κ2) is 5.22. The Labute approximate surface area is 108 Å². The van der Waals surface area contributed by atoms with Gasteiger partial charge in [0.1, 0.15) is 5.82 Å². The van der Waals surface area contributed by atoms with Crippen molar-refractivity contribution in [3.8, 4) is 6.07 Å². The number of aromatic nitrogens is 2. The maximum atomic E-state index is 8.64. The fourth-order valence-electron chi connectivity index (χ4n) is 2.27. The molecule has 3 nitrogen and oxygen atoms in total. The molecule has 0 bridgehead atoms. The van der Waals surface area contributed by atoms with Crippen LogP contribution < -0.4 is 0 Å². The molecule has 3 heteroatoms. The normalized spacial score (nSPS) is 10.8. The van der Waals surface area contributed by atoms with Crippen LogP contribution >= 0.6 is 0 Å². The highest BCUT2D eigenvalue weighted by atomic mass is 15.1. The molecular formula is C15H19N3. The number of hydrogen-bond donors (Lipinski definition) is 0. The molecule has 1 aromatic heterocycles. The molecule has 0 radical (unpaired) electrons. The van der Waals surface area contributed by atoms with Gasteiger partial charge in [-0.05, 0) is 43.5 Å². The third-order valence-electron chi connectivity index (χ3n) is 3.43. The molecule has 0 saturated carbocycles. The molecule has 0 unspecified atom stereocenters. The molecule has 0 aliphatic rings. The number of fused-ring (bicyclic) bond motifs is 1. The SMILES string of the molecule is CCc1nc2cc(C)c(C)cc2n1CCCC#N. The Morgan fingerprint density at radius 1 is 1.28 bits per heavy atom. The molecule has 94 valence electrons. The predicted molar refractivity (Wildman–Crippen MR) is 73.4 cm³/mol. The monoisotopic (exact) mass is 241 g/mol. The van der Waals surface area contributed by atoms with Crippen molar-refractivity contribution in [2.75, 3.05) is 0 Å². The number of benzene rings is 1. The average Bonchev–Trinajstić information content (AvgIpc) is 2.68. The summed E-state index contributed by atoms with van der Waals surface area (Å²) in [7, 11) is 0. The minimum atomic E-state index is 0.605. The summed E-state index contributed by atoms with van der Waals surface area (Å²) in [5, 5.41) is 8.64. The maximum Gasteiger partial charge on any atom is 0.109 e. The third kappa shape index (κ3) is 2.24. The zero-order chi connectivity index (χ0) is 13.1. The van der Waals surface area contributed by atoms with Gasteiger partial charge in [-0.3, -0.25) is 0 Å². The van der Waals surface area contributed by atoms with Gasteiger partial charge in [-0.15, -0.1) is 0 Å². The van der Waals surface area contributed by atoms with Gasteiger partial charge in [-0.25, -0.2) is 4.98 Å². The summed E-state index contributed by atoms with van der Waals surface area (Å²) in [6.07, 6.45) is 2.43. The van der Waals surface area contributed by atoms with Crippen molar-refractivity contribution in [1.29, 1.82) is 5.26 Å². The summed E-state index contributed by atoms with van der Waals surface area (Å²) >= 11 is 0. The summed E-state index contributed by atoms with van der Waals surface area (Å²) in [5.74, 6) is 1.12. The van der Waals surface area contributed by atoms with Crippen LogP contribution in [0.5, 0.6) is 0 Å². The van der Waals surface area contributed by atoms with Crippen molar-refractivity contribution in [2.24, 2.45) is 0 Å². The molecule has 1 heterocycles. The number of nitrogens with zero attached hydrogens (tertiary/aromatic N) is 3. The number of unbranched alkanes of at least 4 members (excludes halogenated alkanes) is 1. The lowest BCUT2D eigenvalue weighted by Gasteiger charge is -2.07. The predicted octanol–water partition coefficient (Wildman–Crippen LogP) is 3.52. The van der Waals surface area contributed by atoms with Crippen LogP contribution in [-0.2, 0) is 13.0 Å². The van der Waals surface area contributed by atoms with E-state index < -0.39 is 0 Å². The van der Waals surface area contributed by atoms with E-state index in [2.05, 4.69) is 43.5 Å². The summed E-state index contributed by atoms with van der Waals surface area (Å²) in [6, 6.07) is 6.57. The number of imidazole rings is 1. The molecule has 2 rings (SSSR count). The van der Waals surface area contributed by atoms with Crippen molar-refractivity contribution >= 4 is 11.0 Å². The van der Waals surface area contributed by atoms with Crippen molar-refractivity contribution in [3.05, 3.63) is 29.1 Å². The first-order valence-corrected chi connectivity index (χ1v) is 6.50. The van der Waals surface area contributed by atoms with Crippen LogP contribution in [0.15, 0.2) is 12.1 Å². The molecule has 0 aliphatic carbocycles. The molecule has 0 atom stereocenters. The molecule has 0 aliphatic heterocycles. The lowest BCUT2D eigenvalue weighted by molar-refractivity contribution is 0.638. The largest absolute Gasteiger partial charge is 0.328 e. The smallest absolute Gasteiger partial charge is 0.109 e. The summed E-state index contributed by atoms with van der Waals surface area (Å²) in [6.45, 7) is 7.26. The zero-order valence-electron chi connectivity index (χ0n) is 11.3. The lowest BCUT2D eigenvalue weighted by atomic mass is 10.1. The fourth-order valence-corrected chi connectivity index (χ4v) is 2.27. The molecule has 18 heavy (non-hydrogen) atoms. The molecule has 0 saturated heterocycles. The minimum Gasteiger partial charge on any atom is -0.328 e. The average molecular weight is 241 g/mol. The molecular weight excluding hydrogens is 222 g/mol. The Morgan fingerprint density at radius 3 is 2.67 bits per heavy atom. The van der Waals surface area contributed by atoms with Gasteiger partial charge in [0, 0.05) is 19.4 Å². The Hall–Kier alpha value is -1.82. The highest BCUT2D eigenvalue weighted by Gasteiger charge is 2.10. The zero-order valence-corrected chi connectivity index (χ0v) is 11.3. The Bertz CT molecular complexity index is 602. The van der Waals surface area contributed by atoms with Crippen molar-refractivity contribution in [2.45, 2.75) is 46.6 Å². The molecule has 0 amide bonds. The molecule has 0 spiro atoms. The van der Waals surface area contributed by atoms with Crippen LogP contribution in [0.25, 0.3) is 11.0 Å². The van der Waals surface area contributed by atoms with Gasteiger partial charge in [-0.2, -0.15) is 5.26 Å². The first kappa shape index (κ1) is 12.6. The highest BCUT2D eigenvalue weighted by Crippen LogP contribution is 2.21. The van der Waals surface area contributed by atoms with E-state index >= 15 is 0 Å². The van der Waals surface area contributed by atoms with Crippen molar-refractivity contribution in [3.63, 3.8) is 0 Å². The maximum absolute atomic E-state index is 8.64. The summed E-state index contributed by atoms with van der Waals surface area (Å²) in [5.41, 5.74) is 4.86. The van der Waals surface area contributed by atoms with Gasteiger partial charge in [0.2, 0.25) is 0 Å². The van der Waals surface area contributed by atoms with E-state index in [0.29, 0.717) is 6.42 Å². The van der Waals surface area contributed by atoms with E-state index in [0.717, 1.165) is 30.7 Å². The van der Waals surface area contributed by atoms with Gasteiger partial charge < -0.3 is 4.57 Å². The Morgan fingerprint density at radius 2 is 2.00 bits per heavy atom. The van der Waals surface area contributed by atoms with Crippen LogP contribution in [0, 0.1) is 25.2 Å². The molecule has 1 aromatic carbocycles. The van der Waals surface area contributed by atoms with E-state index in [1.165, 1.54) is 16.6 Å². The highest BCUT2D eigenvalue weighted by molar-refractivity contribution is 5.78. The van der Waals surface area contributed by atoms with E-state index in [1.54, 1.807) is 0 Å². The standard InChI is InChI=1S/C15H19N3/c1-4-15-17-13-9-11(2)12(3)10-14(13)18(15)8-6-5-7-16/h9-10H,4-6,8H2,1-3H3. The number of rotatable bonds is 4. The van der Waals surface area contributed by atoms with Gasteiger partial charge in [-0.1, -0.05) is 6.92 Å². The van der Waals surface area contributed by atoms with Crippen LogP contribution in [0.3, 0.4) is 0 Å². The Kier molecular flexibility index (Phi) is 3.66. The van der Waals surface area contributed by atoms with Gasteiger partial charge in [0.25, 0.3) is 0 Å². The third-order valence-corrected chi connectivity index (χ3v) is 3.43.